The molecule has 1 fully saturated rings. The zero-order chi connectivity index (χ0) is 13.2. The first-order valence-electron chi connectivity index (χ1n) is 6.85. The fourth-order valence-corrected chi connectivity index (χ4v) is 1.83. The lowest BCUT2D eigenvalue weighted by Gasteiger charge is -2.16. The molecule has 114 valence electrons. The summed E-state index contributed by atoms with van der Waals surface area (Å²) in [6.45, 7) is 7.16. The predicted octanol–water partition coefficient (Wildman–Crippen LogP) is 1.57. The van der Waals surface area contributed by atoms with Gasteiger partial charge in [0.1, 0.15) is 0 Å². The third-order valence-electron chi connectivity index (χ3n) is 2.84. The van der Waals surface area contributed by atoms with Gasteiger partial charge in [0.2, 0.25) is 0 Å². The number of hydrogen-bond acceptors (Lipinski definition) is 3. The van der Waals surface area contributed by atoms with E-state index in [9.17, 15) is 0 Å². The number of aliphatic imine (C=N–C) groups is 1. The van der Waals surface area contributed by atoms with Crippen LogP contribution in [-0.4, -0.2) is 64.5 Å². The summed E-state index contributed by atoms with van der Waals surface area (Å²) < 4.78 is 10.9. The Bertz CT molecular complexity index is 244. The Kier molecular flexibility index (Phi) is 11.7. The Morgan fingerprint density at radius 2 is 2.26 bits per heavy atom. The van der Waals surface area contributed by atoms with Crippen LogP contribution in [0.5, 0.6) is 0 Å². The summed E-state index contributed by atoms with van der Waals surface area (Å²) in [4.78, 5) is 6.51. The van der Waals surface area contributed by atoms with E-state index in [1.807, 2.05) is 19.0 Å². The van der Waals surface area contributed by atoms with Gasteiger partial charge in [0.25, 0.3) is 0 Å². The molecule has 0 amide bonds. The van der Waals surface area contributed by atoms with Crippen molar-refractivity contribution in [3.05, 3.63) is 0 Å². The van der Waals surface area contributed by atoms with Crippen LogP contribution >= 0.6 is 24.0 Å². The number of rotatable bonds is 7. The summed E-state index contributed by atoms with van der Waals surface area (Å²) in [6.07, 6.45) is 2.11. The molecule has 1 N–H and O–H groups in total. The summed E-state index contributed by atoms with van der Waals surface area (Å²) in [5.74, 6) is 1.55. The number of hydrogen-bond donors (Lipinski definition) is 1. The normalized spacial score (nSPS) is 19.1. The number of nitrogens with one attached hydrogen (secondary N) is 1. The van der Waals surface area contributed by atoms with Crippen LogP contribution in [0.25, 0.3) is 0 Å². The highest BCUT2D eigenvalue weighted by molar-refractivity contribution is 14.0. The lowest BCUT2D eigenvalue weighted by Crippen LogP contribution is -2.36. The lowest BCUT2D eigenvalue weighted by atomic mass is 10.1. The molecule has 1 atom stereocenters. The van der Waals surface area contributed by atoms with Gasteiger partial charge in [-0.15, -0.1) is 24.0 Å². The van der Waals surface area contributed by atoms with E-state index in [0.29, 0.717) is 5.92 Å². The van der Waals surface area contributed by atoms with E-state index in [4.69, 9.17) is 9.47 Å². The molecule has 1 saturated heterocycles. The van der Waals surface area contributed by atoms with Crippen molar-refractivity contribution in [1.29, 1.82) is 0 Å². The molecule has 5 nitrogen and oxygen atoms in total. The van der Waals surface area contributed by atoms with Gasteiger partial charge in [-0.2, -0.15) is 0 Å². The second-order valence-corrected chi connectivity index (χ2v) is 4.79. The fourth-order valence-electron chi connectivity index (χ4n) is 1.83. The second-order valence-electron chi connectivity index (χ2n) is 4.79. The summed E-state index contributed by atoms with van der Waals surface area (Å²) >= 11 is 0. The van der Waals surface area contributed by atoms with E-state index in [2.05, 4.69) is 17.2 Å². The standard InChI is InChI=1S/C13H27N3O2.HI/c1-4-14-13(16(2)3)15-7-5-8-17-10-12-6-9-18-11-12;/h12H,4-11H2,1-3H3,(H,14,15);1H. The lowest BCUT2D eigenvalue weighted by molar-refractivity contribution is 0.0893. The van der Waals surface area contributed by atoms with E-state index < -0.39 is 0 Å². The number of ether oxygens (including phenoxy) is 2. The van der Waals surface area contributed by atoms with Crippen LogP contribution in [0.2, 0.25) is 0 Å². The van der Waals surface area contributed by atoms with Gasteiger partial charge >= 0.3 is 0 Å². The first-order chi connectivity index (χ1) is 8.74. The average Bonchev–Trinajstić information content (AvgIpc) is 2.84. The number of guanidine groups is 1. The van der Waals surface area contributed by atoms with Gasteiger partial charge in [-0.05, 0) is 19.8 Å². The molecule has 0 aromatic carbocycles. The quantitative estimate of drug-likeness (QED) is 0.313. The van der Waals surface area contributed by atoms with E-state index >= 15 is 0 Å². The Balaban J connectivity index is 0.00000324. The summed E-state index contributed by atoms with van der Waals surface area (Å²) in [5.41, 5.74) is 0. The van der Waals surface area contributed by atoms with Crippen molar-refractivity contribution in [3.8, 4) is 0 Å². The molecule has 0 aliphatic carbocycles. The zero-order valence-corrected chi connectivity index (χ0v) is 14.7. The summed E-state index contributed by atoms with van der Waals surface area (Å²) in [6, 6.07) is 0. The zero-order valence-electron chi connectivity index (χ0n) is 12.4. The van der Waals surface area contributed by atoms with Crippen molar-refractivity contribution in [3.63, 3.8) is 0 Å². The molecule has 0 spiro atoms. The fraction of sp³-hybridized carbons (Fsp3) is 0.923. The third kappa shape index (κ3) is 8.65. The molecule has 1 heterocycles. The minimum absolute atomic E-state index is 0. The van der Waals surface area contributed by atoms with Gasteiger partial charge in [-0.3, -0.25) is 4.99 Å². The molecule has 0 bridgehead atoms. The SMILES string of the molecule is CCNC(=NCCCOCC1CCOC1)N(C)C.I. The highest BCUT2D eigenvalue weighted by Crippen LogP contribution is 2.12. The van der Waals surface area contributed by atoms with Gasteiger partial charge in [0.05, 0.1) is 13.2 Å². The first-order valence-corrected chi connectivity index (χ1v) is 6.85. The minimum atomic E-state index is 0. The molecule has 0 aromatic heterocycles. The molecule has 0 aromatic rings. The first kappa shape index (κ1) is 18.9. The summed E-state index contributed by atoms with van der Waals surface area (Å²) in [5, 5.41) is 3.24. The van der Waals surface area contributed by atoms with Crippen LogP contribution in [0.1, 0.15) is 19.8 Å². The van der Waals surface area contributed by atoms with Crippen molar-refractivity contribution in [2.75, 3.05) is 53.6 Å². The van der Waals surface area contributed by atoms with Crippen LogP contribution in [-0.2, 0) is 9.47 Å². The largest absolute Gasteiger partial charge is 0.381 e. The van der Waals surface area contributed by atoms with Crippen molar-refractivity contribution in [2.45, 2.75) is 19.8 Å². The monoisotopic (exact) mass is 385 g/mol. The van der Waals surface area contributed by atoms with Crippen LogP contribution < -0.4 is 5.32 Å². The Morgan fingerprint density at radius 3 is 2.84 bits per heavy atom. The molecule has 1 aliphatic heterocycles. The molecule has 1 unspecified atom stereocenters. The van der Waals surface area contributed by atoms with Gasteiger partial charge in [0.15, 0.2) is 5.96 Å². The van der Waals surface area contributed by atoms with Crippen LogP contribution in [0.3, 0.4) is 0 Å². The number of nitrogens with zero attached hydrogens (tertiary/aromatic N) is 2. The third-order valence-corrected chi connectivity index (χ3v) is 2.84. The van der Waals surface area contributed by atoms with Crippen LogP contribution in [0, 0.1) is 5.92 Å². The predicted molar refractivity (Wildman–Crippen MR) is 89.4 cm³/mol. The molecule has 1 aliphatic rings. The van der Waals surface area contributed by atoms with Crippen molar-refractivity contribution in [2.24, 2.45) is 10.9 Å². The molecule has 0 radical (unpaired) electrons. The van der Waals surface area contributed by atoms with Crippen LogP contribution in [0.15, 0.2) is 4.99 Å². The molecule has 19 heavy (non-hydrogen) atoms. The maximum Gasteiger partial charge on any atom is 0.193 e. The topological polar surface area (TPSA) is 46.1 Å². The summed E-state index contributed by atoms with van der Waals surface area (Å²) in [7, 11) is 4.00. The Morgan fingerprint density at radius 1 is 1.47 bits per heavy atom. The van der Waals surface area contributed by atoms with Crippen molar-refractivity contribution in [1.82, 2.24) is 10.2 Å². The van der Waals surface area contributed by atoms with E-state index in [-0.39, 0.29) is 24.0 Å². The maximum atomic E-state index is 5.64. The molecular formula is C13H28IN3O2. The highest BCUT2D eigenvalue weighted by atomic mass is 127. The average molecular weight is 385 g/mol. The molecular weight excluding hydrogens is 357 g/mol. The van der Waals surface area contributed by atoms with Gasteiger partial charge < -0.3 is 19.7 Å². The molecule has 0 saturated carbocycles. The van der Waals surface area contributed by atoms with E-state index in [0.717, 1.165) is 58.3 Å². The smallest absolute Gasteiger partial charge is 0.193 e. The van der Waals surface area contributed by atoms with E-state index in [1.54, 1.807) is 0 Å². The molecule has 1 rings (SSSR count). The number of halogens is 1. The van der Waals surface area contributed by atoms with Crippen molar-refractivity contribution < 1.29 is 9.47 Å². The Hall–Kier alpha value is -0.0800. The Labute approximate surface area is 134 Å². The highest BCUT2D eigenvalue weighted by Gasteiger charge is 2.15. The van der Waals surface area contributed by atoms with E-state index in [1.165, 1.54) is 0 Å². The van der Waals surface area contributed by atoms with Crippen LogP contribution in [0.4, 0.5) is 0 Å². The van der Waals surface area contributed by atoms with Gasteiger partial charge in [-0.1, -0.05) is 0 Å². The van der Waals surface area contributed by atoms with Gasteiger partial charge in [0, 0.05) is 46.3 Å². The van der Waals surface area contributed by atoms with Gasteiger partial charge in [-0.25, -0.2) is 0 Å². The second kappa shape index (κ2) is 11.7. The minimum Gasteiger partial charge on any atom is -0.381 e. The van der Waals surface area contributed by atoms with Crippen molar-refractivity contribution >= 4 is 29.9 Å². The molecule has 6 heteroatoms. The maximum absolute atomic E-state index is 5.64.